The zero-order valence-corrected chi connectivity index (χ0v) is 10.5. The van der Waals surface area contributed by atoms with E-state index in [1.54, 1.807) is 0 Å². The molecule has 1 aliphatic rings. The second kappa shape index (κ2) is 6.06. The fraction of sp³-hybridized carbons (Fsp3) is 0.909. The Bertz CT molecular complexity index is 216. The minimum atomic E-state index is -0.459. The Labute approximate surface area is 97.5 Å². The Morgan fingerprint density at radius 3 is 2.00 bits per heavy atom. The van der Waals surface area contributed by atoms with Gasteiger partial charge in [0.2, 0.25) is 0 Å². The summed E-state index contributed by atoms with van der Waals surface area (Å²) in [6.45, 7) is 7.18. The molecule has 1 fully saturated rings. The van der Waals surface area contributed by atoms with Crippen LogP contribution in [0.3, 0.4) is 0 Å². The molecule has 0 aromatic carbocycles. The van der Waals surface area contributed by atoms with Crippen LogP contribution in [0.15, 0.2) is 0 Å². The van der Waals surface area contributed by atoms with E-state index < -0.39 is 5.60 Å². The summed E-state index contributed by atoms with van der Waals surface area (Å²) < 4.78 is 5.28. The largest absolute Gasteiger partial charge is 0.442 e. The number of amides is 1. The maximum Gasteiger partial charge on any atom is 0.439 e. The summed E-state index contributed by atoms with van der Waals surface area (Å²) in [5.74, 6) is 0. The highest BCUT2D eigenvalue weighted by atomic mass is 16.6. The van der Waals surface area contributed by atoms with Gasteiger partial charge in [-0.15, -0.1) is 0 Å². The van der Waals surface area contributed by atoms with Crippen molar-refractivity contribution in [1.29, 1.82) is 0 Å². The Morgan fingerprint density at radius 2 is 1.56 bits per heavy atom. The van der Waals surface area contributed by atoms with Gasteiger partial charge in [-0.3, -0.25) is 0 Å². The van der Waals surface area contributed by atoms with Crippen molar-refractivity contribution in [3.8, 4) is 0 Å². The van der Waals surface area contributed by atoms with Crippen molar-refractivity contribution in [3.63, 3.8) is 0 Å². The lowest BCUT2D eigenvalue weighted by Crippen LogP contribution is -2.53. The molecule has 1 rings (SSSR count). The minimum absolute atomic E-state index is 0.366. The maximum atomic E-state index is 11.8. The molecule has 0 aliphatic carbocycles. The molecule has 1 amide bonds. The molecule has 1 aliphatic heterocycles. The number of hydrogen-bond acceptors (Lipinski definition) is 4. The standard InChI is InChI=1S/C11H23N3O2/c1-11(2,3)16-10(15)14-12-8-6-4-5-7-9-13-14/h12-13H,4-9H2,1-3H3. The van der Waals surface area contributed by atoms with Crippen LogP contribution in [-0.2, 0) is 4.74 Å². The molecule has 0 saturated carbocycles. The van der Waals surface area contributed by atoms with E-state index in [2.05, 4.69) is 10.9 Å². The maximum absolute atomic E-state index is 11.8. The molecule has 0 aromatic heterocycles. The molecule has 16 heavy (non-hydrogen) atoms. The van der Waals surface area contributed by atoms with Crippen molar-refractivity contribution < 1.29 is 9.53 Å². The van der Waals surface area contributed by atoms with Crippen molar-refractivity contribution in [2.24, 2.45) is 0 Å². The van der Waals surface area contributed by atoms with E-state index in [1.807, 2.05) is 20.8 Å². The summed E-state index contributed by atoms with van der Waals surface area (Å²) in [6.07, 6.45) is 4.21. The van der Waals surface area contributed by atoms with Crippen LogP contribution in [0.2, 0.25) is 0 Å². The third-order valence-electron chi connectivity index (χ3n) is 2.22. The number of hydrazine groups is 2. The predicted octanol–water partition coefficient (Wildman–Crippen LogP) is 1.81. The monoisotopic (exact) mass is 229 g/mol. The molecule has 0 aromatic rings. The van der Waals surface area contributed by atoms with E-state index in [-0.39, 0.29) is 6.09 Å². The number of carbonyl (C=O) groups is 1. The lowest BCUT2D eigenvalue weighted by atomic mass is 10.2. The first-order valence-electron chi connectivity index (χ1n) is 5.99. The van der Waals surface area contributed by atoms with Crippen LogP contribution in [0.4, 0.5) is 4.79 Å². The Kier molecular flexibility index (Phi) is 5.02. The lowest BCUT2D eigenvalue weighted by molar-refractivity contribution is -0.000982. The van der Waals surface area contributed by atoms with Crippen molar-refractivity contribution in [1.82, 2.24) is 16.0 Å². The molecule has 5 heteroatoms. The molecule has 5 nitrogen and oxygen atoms in total. The Balaban J connectivity index is 2.44. The summed E-state index contributed by atoms with van der Waals surface area (Å²) in [5, 5.41) is 1.37. The van der Waals surface area contributed by atoms with Crippen molar-refractivity contribution in [2.45, 2.75) is 52.1 Å². The van der Waals surface area contributed by atoms with Crippen LogP contribution in [0.25, 0.3) is 0 Å². The zero-order chi connectivity index (χ0) is 12.0. The number of ether oxygens (including phenoxy) is 1. The molecule has 0 bridgehead atoms. The summed E-state index contributed by atoms with van der Waals surface area (Å²) in [7, 11) is 0. The van der Waals surface area contributed by atoms with E-state index >= 15 is 0 Å². The smallest absolute Gasteiger partial charge is 0.439 e. The van der Waals surface area contributed by atoms with Crippen LogP contribution in [0.1, 0.15) is 46.5 Å². The highest BCUT2D eigenvalue weighted by molar-refractivity contribution is 5.66. The molecule has 1 heterocycles. The summed E-state index contributed by atoms with van der Waals surface area (Å²) >= 11 is 0. The minimum Gasteiger partial charge on any atom is -0.442 e. The van der Waals surface area contributed by atoms with Gasteiger partial charge in [-0.1, -0.05) is 12.8 Å². The Hall–Kier alpha value is -0.810. The normalized spacial score (nSPS) is 19.6. The number of carbonyl (C=O) groups excluding carboxylic acids is 1. The summed E-state index contributed by atoms with van der Waals surface area (Å²) in [4.78, 5) is 11.8. The first kappa shape index (κ1) is 13.3. The summed E-state index contributed by atoms with van der Waals surface area (Å²) in [6, 6.07) is 0. The topological polar surface area (TPSA) is 53.6 Å². The van der Waals surface area contributed by atoms with Crippen LogP contribution >= 0.6 is 0 Å². The van der Waals surface area contributed by atoms with Crippen LogP contribution in [0.5, 0.6) is 0 Å². The predicted molar refractivity (Wildman–Crippen MR) is 62.5 cm³/mol. The van der Waals surface area contributed by atoms with Gasteiger partial charge in [0, 0.05) is 13.1 Å². The average Bonchev–Trinajstić information content (AvgIpc) is 2.27. The molecule has 2 N–H and O–H groups in total. The lowest BCUT2D eigenvalue weighted by Gasteiger charge is -2.27. The molecule has 0 spiro atoms. The molecule has 1 saturated heterocycles. The van der Waals surface area contributed by atoms with Crippen molar-refractivity contribution in [3.05, 3.63) is 0 Å². The van der Waals surface area contributed by atoms with Crippen molar-refractivity contribution in [2.75, 3.05) is 13.1 Å². The third-order valence-corrected chi connectivity index (χ3v) is 2.22. The fourth-order valence-corrected chi connectivity index (χ4v) is 1.48. The van der Waals surface area contributed by atoms with E-state index in [1.165, 1.54) is 18.0 Å². The average molecular weight is 229 g/mol. The van der Waals surface area contributed by atoms with Gasteiger partial charge in [-0.25, -0.2) is 15.6 Å². The third kappa shape index (κ3) is 5.32. The number of hydrogen-bond donors (Lipinski definition) is 2. The Morgan fingerprint density at radius 1 is 1.06 bits per heavy atom. The van der Waals surface area contributed by atoms with Gasteiger partial charge in [0.25, 0.3) is 0 Å². The van der Waals surface area contributed by atoms with E-state index in [9.17, 15) is 4.79 Å². The van der Waals surface area contributed by atoms with Gasteiger partial charge in [0.1, 0.15) is 5.60 Å². The molecular weight excluding hydrogens is 206 g/mol. The number of nitrogens with one attached hydrogen (secondary N) is 2. The van der Waals surface area contributed by atoms with Gasteiger partial charge in [0.05, 0.1) is 0 Å². The van der Waals surface area contributed by atoms with Gasteiger partial charge in [-0.05, 0) is 33.6 Å². The molecular formula is C11H23N3O2. The fourth-order valence-electron chi connectivity index (χ4n) is 1.48. The number of rotatable bonds is 0. The molecule has 0 unspecified atom stereocenters. The quantitative estimate of drug-likeness (QED) is 0.665. The second-order valence-corrected chi connectivity index (χ2v) is 5.05. The van der Waals surface area contributed by atoms with E-state index in [4.69, 9.17) is 4.74 Å². The van der Waals surface area contributed by atoms with Crippen LogP contribution < -0.4 is 10.9 Å². The molecule has 0 radical (unpaired) electrons. The molecule has 0 atom stereocenters. The first-order valence-corrected chi connectivity index (χ1v) is 5.99. The van der Waals surface area contributed by atoms with Gasteiger partial charge in [-0.2, -0.15) is 5.12 Å². The van der Waals surface area contributed by atoms with Crippen LogP contribution in [0, 0.1) is 0 Å². The van der Waals surface area contributed by atoms with Gasteiger partial charge < -0.3 is 4.74 Å². The van der Waals surface area contributed by atoms with Gasteiger partial charge in [0.15, 0.2) is 0 Å². The van der Waals surface area contributed by atoms with E-state index in [0.29, 0.717) is 0 Å². The van der Waals surface area contributed by atoms with Gasteiger partial charge >= 0.3 is 6.09 Å². The SMILES string of the molecule is CC(C)(C)OC(=O)N1NCCCCCCN1. The first-order chi connectivity index (χ1) is 7.49. The summed E-state index contributed by atoms with van der Waals surface area (Å²) in [5.41, 5.74) is 5.60. The number of nitrogens with zero attached hydrogens (tertiary/aromatic N) is 1. The van der Waals surface area contributed by atoms with Crippen molar-refractivity contribution >= 4 is 6.09 Å². The zero-order valence-electron chi connectivity index (χ0n) is 10.5. The van der Waals surface area contributed by atoms with Crippen LogP contribution in [-0.4, -0.2) is 29.9 Å². The highest BCUT2D eigenvalue weighted by Crippen LogP contribution is 2.09. The highest BCUT2D eigenvalue weighted by Gasteiger charge is 2.22. The van der Waals surface area contributed by atoms with E-state index in [0.717, 1.165) is 25.9 Å². The molecule has 94 valence electrons. The second-order valence-electron chi connectivity index (χ2n) is 5.05.